The minimum Gasteiger partial charge on any atom is -0.478 e. The monoisotopic (exact) mass is 360 g/mol. The fourth-order valence-corrected chi connectivity index (χ4v) is 2.03. The molecule has 0 fully saturated rings. The minimum absolute atomic E-state index is 0.0778. The van der Waals surface area contributed by atoms with E-state index < -0.39 is 5.97 Å². The van der Waals surface area contributed by atoms with Crippen LogP contribution in [0.4, 0.5) is 5.82 Å². The Morgan fingerprint density at radius 2 is 1.96 bits per heavy atom. The van der Waals surface area contributed by atoms with Crippen molar-refractivity contribution in [2.45, 2.75) is 13.0 Å². The Morgan fingerprint density at radius 1 is 1.24 bits per heavy atom. The van der Waals surface area contributed by atoms with Crippen molar-refractivity contribution in [3.05, 3.63) is 59.0 Å². The van der Waals surface area contributed by atoms with Crippen LogP contribution < -0.4 is 10.6 Å². The second-order valence-electron chi connectivity index (χ2n) is 5.26. The second kappa shape index (κ2) is 8.79. The molecule has 0 spiro atoms. The van der Waals surface area contributed by atoms with Gasteiger partial charge in [-0.05, 0) is 37.3 Å². The third kappa shape index (κ3) is 6.23. The Morgan fingerprint density at radius 3 is 2.56 bits per heavy atom. The van der Waals surface area contributed by atoms with Crippen molar-refractivity contribution in [1.82, 2.24) is 15.3 Å². The number of carbonyl (C=O) groups is 2. The van der Waals surface area contributed by atoms with Crippen molar-refractivity contribution >= 4 is 35.4 Å². The van der Waals surface area contributed by atoms with Gasteiger partial charge in [0.25, 0.3) is 5.91 Å². The molecule has 0 aliphatic heterocycles. The van der Waals surface area contributed by atoms with Gasteiger partial charge in [0, 0.05) is 29.2 Å². The summed E-state index contributed by atoms with van der Waals surface area (Å²) in [7, 11) is 0. The summed E-state index contributed by atoms with van der Waals surface area (Å²) in [6, 6.07) is 6.56. The molecule has 7 nitrogen and oxygen atoms in total. The Kier molecular flexibility index (Phi) is 6.47. The van der Waals surface area contributed by atoms with Gasteiger partial charge in [0.15, 0.2) is 0 Å². The molecule has 0 unspecified atom stereocenters. The molecule has 2 rings (SSSR count). The first-order chi connectivity index (χ1) is 11.9. The van der Waals surface area contributed by atoms with Crippen molar-refractivity contribution in [2.24, 2.45) is 0 Å². The summed E-state index contributed by atoms with van der Waals surface area (Å²) < 4.78 is 0. The molecule has 1 heterocycles. The number of rotatable bonds is 7. The van der Waals surface area contributed by atoms with E-state index >= 15 is 0 Å². The zero-order chi connectivity index (χ0) is 18.2. The average Bonchev–Trinajstić information content (AvgIpc) is 2.59. The molecule has 25 heavy (non-hydrogen) atoms. The Bertz CT molecular complexity index is 760. The van der Waals surface area contributed by atoms with Crippen molar-refractivity contribution < 1.29 is 14.7 Å². The number of nitrogens with zero attached hydrogens (tertiary/aromatic N) is 2. The first kappa shape index (κ1) is 18.4. The Balaban J connectivity index is 1.83. The number of hydrogen-bond acceptors (Lipinski definition) is 5. The predicted octanol–water partition coefficient (Wildman–Crippen LogP) is 2.46. The van der Waals surface area contributed by atoms with Crippen LogP contribution in [0.1, 0.15) is 23.0 Å². The molecule has 2 aromatic rings. The molecular formula is C17H17ClN4O3. The van der Waals surface area contributed by atoms with E-state index in [0.717, 1.165) is 6.08 Å². The standard InChI is InChI=1S/C17H17ClN4O3/c1-11(8-21-17(25)12-2-4-13(18)5-3-12)22-15-10-19-14(9-20-15)6-7-16(23)24/h2-7,9-11H,8H2,1H3,(H,20,22)(H,21,25)(H,23,24)/b7-6+/t11-/m1/s1. The van der Waals surface area contributed by atoms with E-state index in [-0.39, 0.29) is 11.9 Å². The van der Waals surface area contributed by atoms with Gasteiger partial charge in [0.2, 0.25) is 0 Å². The number of halogens is 1. The largest absolute Gasteiger partial charge is 0.478 e. The van der Waals surface area contributed by atoms with Crippen molar-refractivity contribution in [3.63, 3.8) is 0 Å². The number of nitrogens with one attached hydrogen (secondary N) is 2. The number of aromatic nitrogens is 2. The van der Waals surface area contributed by atoms with Crippen LogP contribution in [-0.2, 0) is 4.79 Å². The van der Waals surface area contributed by atoms with Gasteiger partial charge in [-0.3, -0.25) is 9.78 Å². The molecule has 0 saturated heterocycles. The second-order valence-corrected chi connectivity index (χ2v) is 5.70. The van der Waals surface area contributed by atoms with Crippen molar-refractivity contribution in [3.8, 4) is 0 Å². The molecular weight excluding hydrogens is 344 g/mol. The summed E-state index contributed by atoms with van der Waals surface area (Å²) in [5.74, 6) is -0.708. The van der Waals surface area contributed by atoms with E-state index in [2.05, 4.69) is 20.6 Å². The van der Waals surface area contributed by atoms with Gasteiger partial charge in [-0.2, -0.15) is 0 Å². The molecule has 3 N–H and O–H groups in total. The van der Waals surface area contributed by atoms with Crippen LogP contribution in [-0.4, -0.2) is 39.5 Å². The average molecular weight is 361 g/mol. The molecule has 1 amide bonds. The van der Waals surface area contributed by atoms with Crippen LogP contribution in [0.2, 0.25) is 5.02 Å². The van der Waals surface area contributed by atoms with E-state index in [1.54, 1.807) is 24.3 Å². The lowest BCUT2D eigenvalue weighted by Gasteiger charge is -2.15. The van der Waals surface area contributed by atoms with Crippen LogP contribution in [0, 0.1) is 0 Å². The van der Waals surface area contributed by atoms with Crippen LogP contribution in [0.5, 0.6) is 0 Å². The van der Waals surface area contributed by atoms with Gasteiger partial charge in [-0.15, -0.1) is 0 Å². The highest BCUT2D eigenvalue weighted by Gasteiger charge is 2.08. The number of carboxylic acids is 1. The van der Waals surface area contributed by atoms with E-state index in [9.17, 15) is 9.59 Å². The molecule has 1 aromatic carbocycles. The summed E-state index contributed by atoms with van der Waals surface area (Å²) in [6.07, 6.45) is 5.31. The summed E-state index contributed by atoms with van der Waals surface area (Å²) in [6.45, 7) is 2.28. The highest BCUT2D eigenvalue weighted by atomic mass is 35.5. The van der Waals surface area contributed by atoms with Crippen LogP contribution >= 0.6 is 11.6 Å². The molecule has 1 aromatic heterocycles. The van der Waals surface area contributed by atoms with Crippen molar-refractivity contribution in [1.29, 1.82) is 0 Å². The molecule has 0 aliphatic carbocycles. The number of carbonyl (C=O) groups excluding carboxylic acids is 1. The smallest absolute Gasteiger partial charge is 0.328 e. The third-order valence-electron chi connectivity index (χ3n) is 3.14. The zero-order valence-electron chi connectivity index (χ0n) is 13.4. The molecule has 0 bridgehead atoms. The highest BCUT2D eigenvalue weighted by molar-refractivity contribution is 6.30. The van der Waals surface area contributed by atoms with Gasteiger partial charge in [0.05, 0.1) is 18.1 Å². The molecule has 8 heteroatoms. The Labute approximate surface area is 149 Å². The number of carboxylic acid groups (broad SMARTS) is 1. The fraction of sp³-hybridized carbons (Fsp3) is 0.176. The Hall–Kier alpha value is -2.93. The molecule has 1 atom stereocenters. The number of benzene rings is 1. The lowest BCUT2D eigenvalue weighted by molar-refractivity contribution is -0.131. The first-order valence-electron chi connectivity index (χ1n) is 7.47. The first-order valence-corrected chi connectivity index (χ1v) is 7.85. The van der Waals surface area contributed by atoms with Crippen LogP contribution in [0.25, 0.3) is 6.08 Å². The van der Waals surface area contributed by atoms with E-state index in [1.807, 2.05) is 6.92 Å². The molecule has 130 valence electrons. The van der Waals surface area contributed by atoms with E-state index in [4.69, 9.17) is 16.7 Å². The van der Waals surface area contributed by atoms with Gasteiger partial charge in [0.1, 0.15) is 5.82 Å². The quantitative estimate of drug-likeness (QED) is 0.655. The zero-order valence-corrected chi connectivity index (χ0v) is 14.2. The lowest BCUT2D eigenvalue weighted by atomic mass is 10.2. The predicted molar refractivity (Wildman–Crippen MR) is 95.6 cm³/mol. The van der Waals surface area contributed by atoms with Crippen molar-refractivity contribution in [2.75, 3.05) is 11.9 Å². The minimum atomic E-state index is -1.05. The fourth-order valence-electron chi connectivity index (χ4n) is 1.91. The summed E-state index contributed by atoms with van der Waals surface area (Å²) in [5.41, 5.74) is 0.975. The number of amides is 1. The maximum atomic E-state index is 12.0. The number of aliphatic carboxylic acids is 1. The van der Waals surface area contributed by atoms with Gasteiger partial charge in [-0.1, -0.05) is 11.6 Å². The molecule has 0 aliphatic rings. The van der Waals surface area contributed by atoms with E-state index in [1.165, 1.54) is 18.5 Å². The normalized spacial score (nSPS) is 11.9. The topological polar surface area (TPSA) is 104 Å². The summed E-state index contributed by atoms with van der Waals surface area (Å²) >= 11 is 5.79. The maximum absolute atomic E-state index is 12.0. The van der Waals surface area contributed by atoms with E-state index in [0.29, 0.717) is 28.6 Å². The highest BCUT2D eigenvalue weighted by Crippen LogP contribution is 2.09. The van der Waals surface area contributed by atoms with Gasteiger partial charge >= 0.3 is 5.97 Å². The SMILES string of the molecule is C[C@H](CNC(=O)c1ccc(Cl)cc1)Nc1cnc(/C=C/C(=O)O)cn1. The number of hydrogen-bond donors (Lipinski definition) is 3. The maximum Gasteiger partial charge on any atom is 0.328 e. The van der Waals surface area contributed by atoms with Crippen LogP contribution in [0.3, 0.4) is 0 Å². The third-order valence-corrected chi connectivity index (χ3v) is 3.39. The number of anilines is 1. The summed E-state index contributed by atoms with van der Waals surface area (Å²) in [5, 5.41) is 15.0. The van der Waals surface area contributed by atoms with Gasteiger partial charge in [-0.25, -0.2) is 9.78 Å². The lowest BCUT2D eigenvalue weighted by Crippen LogP contribution is -2.34. The van der Waals surface area contributed by atoms with Crippen LogP contribution in [0.15, 0.2) is 42.7 Å². The summed E-state index contributed by atoms with van der Waals surface area (Å²) in [4.78, 5) is 30.7. The van der Waals surface area contributed by atoms with Gasteiger partial charge < -0.3 is 15.7 Å². The molecule has 0 radical (unpaired) electrons. The molecule has 0 saturated carbocycles.